The Balaban J connectivity index is 1.34. The number of hydrogen-bond donors (Lipinski definition) is 1. The van der Waals surface area contributed by atoms with Crippen molar-refractivity contribution in [2.75, 3.05) is 19.8 Å². The van der Waals surface area contributed by atoms with E-state index in [9.17, 15) is 0 Å². The molecule has 23 heavy (non-hydrogen) atoms. The lowest BCUT2D eigenvalue weighted by Crippen LogP contribution is -2.37. The van der Waals surface area contributed by atoms with E-state index in [0.717, 1.165) is 37.5 Å². The maximum absolute atomic E-state index is 5.93. The maximum atomic E-state index is 5.93. The third-order valence-electron chi connectivity index (χ3n) is 4.35. The molecule has 6 heteroatoms. The second-order valence-electron chi connectivity index (χ2n) is 6.09. The Morgan fingerprint density at radius 1 is 1.35 bits per heavy atom. The van der Waals surface area contributed by atoms with Crippen molar-refractivity contribution in [2.24, 2.45) is 5.73 Å². The average Bonchev–Trinajstić information content (AvgIpc) is 3.27. The van der Waals surface area contributed by atoms with Crippen molar-refractivity contribution in [3.63, 3.8) is 0 Å². The van der Waals surface area contributed by atoms with Crippen molar-refractivity contribution in [3.05, 3.63) is 41.7 Å². The molecule has 2 aromatic rings. The highest BCUT2D eigenvalue weighted by atomic mass is 16.5. The van der Waals surface area contributed by atoms with Crippen LogP contribution < -0.4 is 15.2 Å². The molecule has 0 unspecified atom stereocenters. The number of benzene rings is 1. The first kappa shape index (κ1) is 14.5. The molecule has 1 fully saturated rings. The Bertz CT molecular complexity index is 685. The molecule has 0 saturated carbocycles. The zero-order valence-corrected chi connectivity index (χ0v) is 13.0. The fraction of sp³-hybridized carbons (Fsp3) is 0.471. The molecule has 2 N–H and O–H groups in total. The molecule has 6 nitrogen and oxygen atoms in total. The second kappa shape index (κ2) is 6.22. The Kier molecular flexibility index (Phi) is 3.93. The first-order chi connectivity index (χ1) is 11.3. The van der Waals surface area contributed by atoms with Gasteiger partial charge in [-0.25, -0.2) is 0 Å². The molecule has 0 amide bonds. The topological polar surface area (TPSA) is 71.5 Å². The molecule has 1 aromatic carbocycles. The number of fused-ring (bicyclic) bond motifs is 1. The van der Waals surface area contributed by atoms with Crippen molar-refractivity contribution in [1.82, 2.24) is 9.78 Å². The SMILES string of the molecule is N[C@H]1COC[C@H]1Oc1cnn(CCc2ccc3c(c2)CCO3)c1. The summed E-state index contributed by atoms with van der Waals surface area (Å²) in [5.74, 6) is 1.77. The summed E-state index contributed by atoms with van der Waals surface area (Å²) in [6, 6.07) is 6.36. The van der Waals surface area contributed by atoms with Crippen LogP contribution in [0.2, 0.25) is 0 Å². The summed E-state index contributed by atoms with van der Waals surface area (Å²) >= 11 is 0. The second-order valence-corrected chi connectivity index (χ2v) is 6.09. The monoisotopic (exact) mass is 315 g/mol. The van der Waals surface area contributed by atoms with E-state index in [-0.39, 0.29) is 12.1 Å². The van der Waals surface area contributed by atoms with Gasteiger partial charge in [-0.15, -0.1) is 0 Å². The Morgan fingerprint density at radius 3 is 3.17 bits per heavy atom. The van der Waals surface area contributed by atoms with Gasteiger partial charge in [-0.3, -0.25) is 4.68 Å². The van der Waals surface area contributed by atoms with Gasteiger partial charge in [0.05, 0.1) is 38.3 Å². The van der Waals surface area contributed by atoms with Crippen LogP contribution >= 0.6 is 0 Å². The summed E-state index contributed by atoms with van der Waals surface area (Å²) in [7, 11) is 0. The van der Waals surface area contributed by atoms with Crippen LogP contribution in [0.3, 0.4) is 0 Å². The van der Waals surface area contributed by atoms with E-state index in [1.165, 1.54) is 11.1 Å². The Labute approximate surface area is 135 Å². The van der Waals surface area contributed by atoms with Gasteiger partial charge in [0, 0.05) is 13.0 Å². The molecule has 0 spiro atoms. The van der Waals surface area contributed by atoms with E-state index in [4.69, 9.17) is 19.9 Å². The largest absolute Gasteiger partial charge is 0.493 e. The van der Waals surface area contributed by atoms with Crippen molar-refractivity contribution < 1.29 is 14.2 Å². The highest BCUT2D eigenvalue weighted by Crippen LogP contribution is 2.26. The molecular formula is C17H21N3O3. The fourth-order valence-electron chi connectivity index (χ4n) is 3.01. The summed E-state index contributed by atoms with van der Waals surface area (Å²) < 4.78 is 18.6. The van der Waals surface area contributed by atoms with E-state index in [1.54, 1.807) is 6.20 Å². The molecule has 3 heterocycles. The van der Waals surface area contributed by atoms with Gasteiger partial charge in [-0.05, 0) is 23.6 Å². The number of nitrogens with two attached hydrogens (primary N) is 1. The first-order valence-electron chi connectivity index (χ1n) is 8.05. The maximum Gasteiger partial charge on any atom is 0.157 e. The quantitative estimate of drug-likeness (QED) is 0.896. The molecule has 1 aromatic heterocycles. The van der Waals surface area contributed by atoms with Crippen LogP contribution in [0, 0.1) is 0 Å². The van der Waals surface area contributed by atoms with E-state index in [1.807, 2.05) is 10.9 Å². The van der Waals surface area contributed by atoms with Crippen LogP contribution in [0.25, 0.3) is 0 Å². The van der Waals surface area contributed by atoms with Gasteiger partial charge in [-0.2, -0.15) is 5.10 Å². The molecule has 1 saturated heterocycles. The van der Waals surface area contributed by atoms with Crippen molar-refractivity contribution in [2.45, 2.75) is 31.5 Å². The highest BCUT2D eigenvalue weighted by Gasteiger charge is 2.26. The molecule has 2 aliphatic heterocycles. The van der Waals surface area contributed by atoms with Crippen LogP contribution in [-0.4, -0.2) is 41.7 Å². The average molecular weight is 315 g/mol. The molecule has 2 aliphatic rings. The lowest BCUT2D eigenvalue weighted by Gasteiger charge is -2.13. The van der Waals surface area contributed by atoms with Crippen LogP contribution in [0.1, 0.15) is 11.1 Å². The van der Waals surface area contributed by atoms with Gasteiger partial charge >= 0.3 is 0 Å². The number of aromatic nitrogens is 2. The van der Waals surface area contributed by atoms with E-state index >= 15 is 0 Å². The summed E-state index contributed by atoms with van der Waals surface area (Å²) in [6.07, 6.45) is 5.51. The number of aryl methyl sites for hydroxylation is 2. The molecule has 122 valence electrons. The Morgan fingerprint density at radius 2 is 2.30 bits per heavy atom. The van der Waals surface area contributed by atoms with Gasteiger partial charge < -0.3 is 19.9 Å². The van der Waals surface area contributed by atoms with Crippen molar-refractivity contribution in [1.29, 1.82) is 0 Å². The number of hydrogen-bond acceptors (Lipinski definition) is 5. The lowest BCUT2D eigenvalue weighted by molar-refractivity contribution is 0.140. The summed E-state index contributed by atoms with van der Waals surface area (Å²) in [4.78, 5) is 0. The normalized spacial score (nSPS) is 22.8. The minimum absolute atomic E-state index is 0.0630. The number of rotatable bonds is 5. The van der Waals surface area contributed by atoms with Crippen LogP contribution in [0.5, 0.6) is 11.5 Å². The van der Waals surface area contributed by atoms with E-state index in [0.29, 0.717) is 13.2 Å². The van der Waals surface area contributed by atoms with Crippen molar-refractivity contribution in [3.8, 4) is 11.5 Å². The predicted octanol–water partition coefficient (Wildman–Crippen LogP) is 1.17. The Hall–Kier alpha value is -2.05. The number of nitrogens with zero attached hydrogens (tertiary/aromatic N) is 2. The zero-order valence-electron chi connectivity index (χ0n) is 13.0. The zero-order chi connectivity index (χ0) is 15.6. The van der Waals surface area contributed by atoms with Crippen LogP contribution in [-0.2, 0) is 24.1 Å². The molecular weight excluding hydrogens is 294 g/mol. The third kappa shape index (κ3) is 3.18. The summed E-state index contributed by atoms with van der Waals surface area (Å²) in [5.41, 5.74) is 8.54. The van der Waals surface area contributed by atoms with Gasteiger partial charge in [0.25, 0.3) is 0 Å². The molecule has 0 bridgehead atoms. The first-order valence-corrected chi connectivity index (χ1v) is 8.05. The molecule has 2 atom stereocenters. The van der Waals surface area contributed by atoms with E-state index < -0.39 is 0 Å². The van der Waals surface area contributed by atoms with Gasteiger partial charge in [0.15, 0.2) is 5.75 Å². The van der Waals surface area contributed by atoms with Gasteiger partial charge in [0.2, 0.25) is 0 Å². The summed E-state index contributed by atoms with van der Waals surface area (Å²) in [6.45, 7) is 2.71. The molecule has 0 aliphatic carbocycles. The van der Waals surface area contributed by atoms with Gasteiger partial charge in [0.1, 0.15) is 11.9 Å². The fourth-order valence-corrected chi connectivity index (χ4v) is 3.01. The third-order valence-corrected chi connectivity index (χ3v) is 4.35. The predicted molar refractivity (Wildman–Crippen MR) is 84.8 cm³/mol. The minimum atomic E-state index is -0.0793. The standard InChI is InChI=1S/C17H21N3O3/c18-15-10-21-11-17(15)23-14-8-19-20(9-14)5-3-12-1-2-16-13(7-12)4-6-22-16/h1-2,7-9,15,17H,3-6,10-11,18H2/t15-,17+/m0/s1. The molecule has 0 radical (unpaired) electrons. The number of ether oxygens (including phenoxy) is 3. The van der Waals surface area contributed by atoms with Gasteiger partial charge in [-0.1, -0.05) is 12.1 Å². The minimum Gasteiger partial charge on any atom is -0.493 e. The summed E-state index contributed by atoms with van der Waals surface area (Å²) in [5, 5.41) is 4.36. The molecule has 4 rings (SSSR count). The van der Waals surface area contributed by atoms with Crippen molar-refractivity contribution >= 4 is 0 Å². The van der Waals surface area contributed by atoms with Crippen LogP contribution in [0.4, 0.5) is 0 Å². The smallest absolute Gasteiger partial charge is 0.157 e. The lowest BCUT2D eigenvalue weighted by atomic mass is 10.1. The highest BCUT2D eigenvalue weighted by molar-refractivity contribution is 5.39. The van der Waals surface area contributed by atoms with E-state index in [2.05, 4.69) is 23.3 Å². The van der Waals surface area contributed by atoms with Crippen LogP contribution in [0.15, 0.2) is 30.6 Å².